The zero-order valence-electron chi connectivity index (χ0n) is 13.2. The van der Waals surface area contributed by atoms with Crippen LogP contribution >= 0.6 is 42.6 Å². The van der Waals surface area contributed by atoms with Gasteiger partial charge in [-0.1, -0.05) is 23.2 Å². The summed E-state index contributed by atoms with van der Waals surface area (Å²) in [6.07, 6.45) is 0. The van der Waals surface area contributed by atoms with E-state index >= 15 is 0 Å². The van der Waals surface area contributed by atoms with E-state index in [9.17, 15) is 0 Å². The van der Waals surface area contributed by atoms with Crippen LogP contribution < -0.4 is 24.8 Å². The number of aryl methyl sites for hydroxylation is 2. The second kappa shape index (κ2) is 17.1. The van der Waals surface area contributed by atoms with Crippen LogP contribution in [0.25, 0.3) is 9.95 Å². The van der Waals surface area contributed by atoms with Crippen molar-refractivity contribution >= 4 is 54.0 Å². The van der Waals surface area contributed by atoms with Gasteiger partial charge in [-0.15, -0.1) is 0 Å². The van der Waals surface area contributed by atoms with E-state index < -0.39 is 15.1 Å². The molecule has 25 heavy (non-hydrogen) atoms. The van der Waals surface area contributed by atoms with Gasteiger partial charge in [-0.05, 0) is 38.1 Å². The minimum absolute atomic E-state index is 0. The number of hydrogen-bond acceptors (Lipinski definition) is 2. The Hall–Kier alpha value is -0.357. The van der Waals surface area contributed by atoms with Crippen LogP contribution in [0, 0.1) is 24.6 Å². The van der Waals surface area contributed by atoms with Crippen LogP contribution in [0.5, 0.6) is 0 Å². The van der Waals surface area contributed by atoms with Gasteiger partial charge in [0.05, 0.1) is 0 Å². The summed E-state index contributed by atoms with van der Waals surface area (Å²) < 4.78 is 0. The Morgan fingerprint density at radius 3 is 1.24 bits per heavy atom. The van der Waals surface area contributed by atoms with E-state index in [2.05, 4.69) is 9.95 Å². The predicted octanol–water partition coefficient (Wildman–Crippen LogP) is 1.65. The number of nitrogens with zero attached hydrogens (tertiary/aromatic N) is 4. The molecule has 0 unspecified atom stereocenters. The van der Waals surface area contributed by atoms with Crippen LogP contribution in [-0.4, -0.2) is 0 Å². The van der Waals surface area contributed by atoms with Gasteiger partial charge in [0.25, 0.3) is 0 Å². The first-order valence-electron chi connectivity index (χ1n) is 6.24. The van der Waals surface area contributed by atoms with Crippen molar-refractivity contribution in [1.29, 1.82) is 10.8 Å². The van der Waals surface area contributed by atoms with Crippen LogP contribution in [0.15, 0.2) is 36.4 Å². The summed E-state index contributed by atoms with van der Waals surface area (Å²) in [7, 11) is 9.90. The van der Waals surface area contributed by atoms with Crippen molar-refractivity contribution < 1.29 is 40.0 Å². The molecule has 0 aliphatic heterocycles. The van der Waals surface area contributed by atoms with E-state index in [1.807, 2.05) is 13.8 Å². The Balaban J connectivity index is -0.000000313. The summed E-state index contributed by atoms with van der Waals surface area (Å²) >= 11 is 10.4. The molecule has 0 saturated heterocycles. The molecule has 4 nitrogen and oxygen atoms in total. The van der Waals surface area contributed by atoms with E-state index in [1.165, 1.54) is 0 Å². The average Bonchev–Trinajstić information content (AvgIpc) is 2.49. The number of diazo groups is 2. The fraction of sp³-hybridized carbons (Fsp3) is 0.143. The first-order chi connectivity index (χ1) is 10.9. The van der Waals surface area contributed by atoms with Crippen molar-refractivity contribution in [1.82, 2.24) is 0 Å². The maximum absolute atomic E-state index is 8.39. The van der Waals surface area contributed by atoms with E-state index in [1.54, 1.807) is 36.4 Å². The molecule has 2 aromatic rings. The van der Waals surface area contributed by atoms with Crippen molar-refractivity contribution in [2.75, 3.05) is 0 Å². The molecular formula is C14H12Cl6N4Zn. The molecular weight excluding hydrogens is 502 g/mol. The van der Waals surface area contributed by atoms with E-state index in [-0.39, 0.29) is 24.8 Å². The third-order valence-corrected chi connectivity index (χ3v) is 3.00. The van der Waals surface area contributed by atoms with Crippen molar-refractivity contribution in [3.8, 4) is 0 Å². The van der Waals surface area contributed by atoms with E-state index in [0.717, 1.165) is 11.1 Å². The summed E-state index contributed by atoms with van der Waals surface area (Å²) in [5, 5.41) is 18.1. The van der Waals surface area contributed by atoms with Crippen LogP contribution in [0.3, 0.4) is 0 Å². The third-order valence-electron chi connectivity index (χ3n) is 2.53. The van der Waals surface area contributed by atoms with Gasteiger partial charge in [-0.3, -0.25) is 0 Å². The molecule has 0 saturated carbocycles. The van der Waals surface area contributed by atoms with Gasteiger partial charge in [0, 0.05) is 33.3 Å². The molecule has 0 heterocycles. The zero-order chi connectivity index (χ0) is 17.8. The van der Waals surface area contributed by atoms with Crippen molar-refractivity contribution in [2.24, 2.45) is 0 Å². The third kappa shape index (κ3) is 12.6. The van der Waals surface area contributed by atoms with Crippen molar-refractivity contribution in [2.45, 2.75) is 13.8 Å². The molecule has 0 aliphatic rings. The van der Waals surface area contributed by atoms with Crippen LogP contribution in [0.4, 0.5) is 11.4 Å². The molecule has 132 valence electrons. The quantitative estimate of drug-likeness (QED) is 0.397. The Labute approximate surface area is 184 Å². The van der Waals surface area contributed by atoms with Gasteiger partial charge >= 0.3 is 45.9 Å². The monoisotopic (exact) mass is 510 g/mol. The van der Waals surface area contributed by atoms with Gasteiger partial charge < -0.3 is 24.8 Å². The molecule has 2 aromatic carbocycles. The predicted molar refractivity (Wildman–Crippen MR) is 93.6 cm³/mol. The van der Waals surface area contributed by atoms with E-state index in [0.29, 0.717) is 21.4 Å². The zero-order valence-corrected chi connectivity index (χ0v) is 20.7. The SMILES string of the molecule is Cc1cc(Cl)ccc1[N+]#N.Cc1cc(Cl)ccc1[N+]#N.[Cl-].[Cl-].[Cl][Zn][Cl]. The number of rotatable bonds is 0. The van der Waals surface area contributed by atoms with E-state index in [4.69, 9.17) is 53.4 Å². The number of halogens is 6. The average molecular weight is 514 g/mol. The minimum atomic E-state index is -0.931. The summed E-state index contributed by atoms with van der Waals surface area (Å²) in [6.45, 7) is 3.67. The molecule has 2 rings (SSSR count). The molecule has 0 spiro atoms. The number of hydrogen-bond donors (Lipinski definition) is 0. The summed E-state index contributed by atoms with van der Waals surface area (Å²) in [4.78, 5) is 6.11. The second-order valence-electron chi connectivity index (χ2n) is 4.16. The fourth-order valence-electron chi connectivity index (χ4n) is 1.46. The van der Waals surface area contributed by atoms with Crippen molar-refractivity contribution in [3.63, 3.8) is 0 Å². The van der Waals surface area contributed by atoms with Crippen molar-refractivity contribution in [3.05, 3.63) is 67.5 Å². The fourth-order valence-corrected chi connectivity index (χ4v) is 1.92. The molecule has 0 radical (unpaired) electrons. The first kappa shape index (κ1) is 29.4. The molecule has 0 aliphatic carbocycles. The Bertz CT molecular complexity index is 669. The Morgan fingerprint density at radius 2 is 1.04 bits per heavy atom. The summed E-state index contributed by atoms with van der Waals surface area (Å²) in [5.74, 6) is 0. The second-order valence-corrected chi connectivity index (χ2v) is 9.66. The Morgan fingerprint density at radius 1 is 0.760 bits per heavy atom. The molecule has 0 amide bonds. The summed E-state index contributed by atoms with van der Waals surface area (Å²) in [6, 6.07) is 10.2. The van der Waals surface area contributed by atoms with Crippen LogP contribution in [0.2, 0.25) is 10.0 Å². The number of benzene rings is 2. The van der Waals surface area contributed by atoms with Gasteiger partial charge in [-0.2, -0.15) is 0 Å². The van der Waals surface area contributed by atoms with Crippen LogP contribution in [-0.2, 0) is 15.1 Å². The maximum atomic E-state index is 8.39. The van der Waals surface area contributed by atoms with Gasteiger partial charge in [-0.25, -0.2) is 0 Å². The molecule has 0 bridgehead atoms. The molecule has 0 N–H and O–H groups in total. The summed E-state index contributed by atoms with van der Waals surface area (Å²) in [5.41, 5.74) is 2.86. The molecule has 0 aromatic heterocycles. The molecule has 11 heteroatoms. The normalized spacial score (nSPS) is 7.52. The standard InChI is InChI=1S/2C7H6ClN2.4ClH.Zn/c2*1-5-4-6(8)2-3-7(5)10-9;;;;;/h2*2-4H,1H3;4*1H;/q2*+1;;;;;+2/p-4. The first-order valence-corrected chi connectivity index (χ1v) is 14.8. The van der Waals surface area contributed by atoms with Crippen LogP contribution in [0.1, 0.15) is 11.1 Å². The topological polar surface area (TPSA) is 56.3 Å². The van der Waals surface area contributed by atoms with Gasteiger partial charge in [0.2, 0.25) is 10.8 Å². The van der Waals surface area contributed by atoms with Gasteiger partial charge in [0.15, 0.2) is 9.95 Å². The Kier molecular flexibility index (Phi) is 20.1. The van der Waals surface area contributed by atoms with Gasteiger partial charge in [0.1, 0.15) is 0 Å². The molecule has 0 fully saturated rings. The molecule has 0 atom stereocenters.